The summed E-state index contributed by atoms with van der Waals surface area (Å²) in [7, 11) is 1.54. The Labute approximate surface area is 239 Å². The van der Waals surface area contributed by atoms with E-state index < -0.39 is 5.91 Å². The Morgan fingerprint density at radius 2 is 1.90 bits per heavy atom. The second-order valence-corrected chi connectivity index (χ2v) is 11.1. The highest BCUT2D eigenvalue weighted by Crippen LogP contribution is 2.39. The summed E-state index contributed by atoms with van der Waals surface area (Å²) in [6.45, 7) is 0.340. The number of halogens is 1. The third-order valence-corrected chi connectivity index (χ3v) is 8.43. The van der Waals surface area contributed by atoms with Crippen LogP contribution >= 0.6 is 27.3 Å². The number of aryl methyl sites for hydroxylation is 1. The fourth-order valence-electron chi connectivity index (χ4n) is 4.71. The molecule has 4 aromatic rings. The van der Waals surface area contributed by atoms with E-state index in [1.807, 2.05) is 24.3 Å². The predicted molar refractivity (Wildman–Crippen MR) is 157 cm³/mol. The average Bonchev–Trinajstić information content (AvgIpc) is 3.31. The van der Waals surface area contributed by atoms with Crippen LogP contribution in [0.15, 0.2) is 64.6 Å². The number of nitriles is 2. The highest BCUT2D eigenvalue weighted by Gasteiger charge is 2.23. The third kappa shape index (κ3) is 5.68. The van der Waals surface area contributed by atoms with Crippen molar-refractivity contribution in [1.29, 1.82) is 10.5 Å². The first-order valence-electron chi connectivity index (χ1n) is 12.5. The number of ether oxygens (including phenoxy) is 2. The normalized spacial score (nSPS) is 12.8. The average molecular weight is 599 g/mol. The fourth-order valence-corrected chi connectivity index (χ4v) is 6.51. The van der Waals surface area contributed by atoms with Gasteiger partial charge in [-0.3, -0.25) is 4.79 Å². The fraction of sp³-hybridized carbons (Fsp3) is 0.194. The number of nitrogens with zero attached hydrogens (tertiary/aromatic N) is 2. The summed E-state index contributed by atoms with van der Waals surface area (Å²) in [5.74, 6) is 0.430. The van der Waals surface area contributed by atoms with Crippen LogP contribution in [0.4, 0.5) is 5.00 Å². The van der Waals surface area contributed by atoms with E-state index in [0.29, 0.717) is 38.7 Å². The molecule has 0 radical (unpaired) electrons. The number of rotatable bonds is 7. The molecule has 1 aliphatic carbocycles. The van der Waals surface area contributed by atoms with Crippen LogP contribution in [0.2, 0.25) is 0 Å². The molecule has 0 spiro atoms. The van der Waals surface area contributed by atoms with Crippen molar-refractivity contribution >= 4 is 55.0 Å². The van der Waals surface area contributed by atoms with E-state index in [4.69, 9.17) is 9.47 Å². The molecule has 6 nitrogen and oxygen atoms in total. The zero-order valence-corrected chi connectivity index (χ0v) is 23.6. The molecular formula is C31H24BrN3O3S. The molecule has 1 amide bonds. The summed E-state index contributed by atoms with van der Waals surface area (Å²) in [6.07, 6.45) is 5.36. The smallest absolute Gasteiger partial charge is 0.266 e. The monoisotopic (exact) mass is 597 g/mol. The molecule has 1 N–H and O–H groups in total. The predicted octanol–water partition coefficient (Wildman–Crippen LogP) is 7.55. The second-order valence-electron chi connectivity index (χ2n) is 9.16. The van der Waals surface area contributed by atoms with E-state index in [9.17, 15) is 15.3 Å². The van der Waals surface area contributed by atoms with Gasteiger partial charge in [0.05, 0.1) is 17.1 Å². The Balaban J connectivity index is 1.35. The van der Waals surface area contributed by atoms with Gasteiger partial charge in [-0.1, -0.05) is 36.4 Å². The zero-order chi connectivity index (χ0) is 27.4. The van der Waals surface area contributed by atoms with Crippen LogP contribution in [0.5, 0.6) is 11.5 Å². The Kier molecular flexibility index (Phi) is 7.97. The maximum Gasteiger partial charge on any atom is 0.266 e. The molecule has 0 fully saturated rings. The van der Waals surface area contributed by atoms with Gasteiger partial charge >= 0.3 is 0 Å². The molecule has 0 saturated heterocycles. The lowest BCUT2D eigenvalue weighted by Crippen LogP contribution is -2.13. The van der Waals surface area contributed by atoms with E-state index in [-0.39, 0.29) is 5.57 Å². The number of benzene rings is 3. The van der Waals surface area contributed by atoms with Gasteiger partial charge in [0.15, 0.2) is 11.5 Å². The van der Waals surface area contributed by atoms with Gasteiger partial charge in [-0.15, -0.1) is 11.3 Å². The van der Waals surface area contributed by atoms with E-state index in [0.717, 1.165) is 52.5 Å². The molecule has 8 heteroatoms. The first-order valence-corrected chi connectivity index (χ1v) is 14.1. The number of thiophene rings is 1. The highest BCUT2D eigenvalue weighted by molar-refractivity contribution is 9.10. The van der Waals surface area contributed by atoms with Crippen LogP contribution < -0.4 is 14.8 Å². The van der Waals surface area contributed by atoms with Gasteiger partial charge in [-0.25, -0.2) is 0 Å². The number of hydrogen-bond donors (Lipinski definition) is 1. The lowest BCUT2D eigenvalue weighted by atomic mass is 9.96. The molecule has 0 aliphatic heterocycles. The standard InChI is InChI=1S/C31H24BrN3O3S/c1-37-27-15-20(14-26(32)29(27)38-18-19-10-11-21-6-2-3-7-22(21)12-19)13-23(16-33)30(36)35-31-25(17-34)24-8-4-5-9-28(24)39-31/h2-3,6-7,10-15H,4-5,8-9,18H2,1H3,(H,35,36)/b23-13+. The Morgan fingerprint density at radius 3 is 2.67 bits per heavy atom. The Morgan fingerprint density at radius 1 is 1.10 bits per heavy atom. The molecule has 1 aromatic heterocycles. The Hall–Kier alpha value is -4.11. The van der Waals surface area contributed by atoms with Gasteiger partial charge in [0.1, 0.15) is 29.3 Å². The number of methoxy groups -OCH3 is 1. The summed E-state index contributed by atoms with van der Waals surface area (Å²) in [4.78, 5) is 14.2. The zero-order valence-electron chi connectivity index (χ0n) is 21.2. The molecule has 5 rings (SSSR count). The largest absolute Gasteiger partial charge is 0.493 e. The van der Waals surface area contributed by atoms with Crippen molar-refractivity contribution in [1.82, 2.24) is 0 Å². The van der Waals surface area contributed by atoms with Crippen LogP contribution in [0.3, 0.4) is 0 Å². The molecule has 194 valence electrons. The summed E-state index contributed by atoms with van der Waals surface area (Å²) < 4.78 is 12.3. The summed E-state index contributed by atoms with van der Waals surface area (Å²) in [5.41, 5.74) is 3.07. The van der Waals surface area contributed by atoms with Crippen molar-refractivity contribution in [3.8, 4) is 23.6 Å². The van der Waals surface area contributed by atoms with Crippen molar-refractivity contribution in [2.24, 2.45) is 0 Å². The summed E-state index contributed by atoms with van der Waals surface area (Å²) in [6, 6.07) is 22.0. The van der Waals surface area contributed by atoms with Crippen LogP contribution in [0.25, 0.3) is 16.8 Å². The van der Waals surface area contributed by atoms with Gasteiger partial charge in [-0.2, -0.15) is 10.5 Å². The van der Waals surface area contributed by atoms with Gasteiger partial charge < -0.3 is 14.8 Å². The lowest BCUT2D eigenvalue weighted by molar-refractivity contribution is -0.112. The number of nitrogens with one attached hydrogen (secondary N) is 1. The van der Waals surface area contributed by atoms with Crippen molar-refractivity contribution < 1.29 is 14.3 Å². The van der Waals surface area contributed by atoms with E-state index in [1.165, 1.54) is 24.5 Å². The van der Waals surface area contributed by atoms with Crippen molar-refractivity contribution in [2.75, 3.05) is 12.4 Å². The van der Waals surface area contributed by atoms with Crippen molar-refractivity contribution in [2.45, 2.75) is 32.3 Å². The van der Waals surface area contributed by atoms with Crippen LogP contribution in [-0.4, -0.2) is 13.0 Å². The SMILES string of the molecule is COc1cc(/C=C(\C#N)C(=O)Nc2sc3c(c2C#N)CCCC3)cc(Br)c1OCc1ccc2ccccc2c1. The Bertz CT molecular complexity index is 1690. The molecule has 0 unspecified atom stereocenters. The number of fused-ring (bicyclic) bond motifs is 2. The minimum absolute atomic E-state index is 0.0796. The first kappa shape index (κ1) is 26.5. The van der Waals surface area contributed by atoms with Crippen LogP contribution in [0.1, 0.15) is 40.0 Å². The van der Waals surface area contributed by atoms with Gasteiger partial charge in [0.25, 0.3) is 5.91 Å². The number of anilines is 1. The number of carbonyl (C=O) groups is 1. The third-order valence-electron chi connectivity index (χ3n) is 6.64. The van der Waals surface area contributed by atoms with E-state index in [2.05, 4.69) is 51.6 Å². The van der Waals surface area contributed by atoms with Crippen LogP contribution in [0, 0.1) is 22.7 Å². The molecule has 0 saturated carbocycles. The maximum absolute atomic E-state index is 13.0. The molecule has 0 atom stereocenters. The van der Waals surface area contributed by atoms with Crippen molar-refractivity contribution in [3.05, 3.63) is 91.8 Å². The lowest BCUT2D eigenvalue weighted by Gasteiger charge is -2.14. The quantitative estimate of drug-likeness (QED) is 0.175. The van der Waals surface area contributed by atoms with Gasteiger partial charge in [-0.05, 0) is 93.4 Å². The molecular weight excluding hydrogens is 574 g/mol. The summed E-state index contributed by atoms with van der Waals surface area (Å²) >= 11 is 4.98. The van der Waals surface area contributed by atoms with E-state index in [1.54, 1.807) is 12.1 Å². The van der Waals surface area contributed by atoms with E-state index >= 15 is 0 Å². The molecule has 39 heavy (non-hydrogen) atoms. The van der Waals surface area contributed by atoms with Crippen molar-refractivity contribution in [3.63, 3.8) is 0 Å². The number of carbonyl (C=O) groups excluding carboxylic acids is 1. The minimum Gasteiger partial charge on any atom is -0.493 e. The molecule has 1 heterocycles. The highest BCUT2D eigenvalue weighted by atomic mass is 79.9. The van der Waals surface area contributed by atoms with Gasteiger partial charge in [0.2, 0.25) is 0 Å². The topological polar surface area (TPSA) is 95.1 Å². The number of hydrogen-bond acceptors (Lipinski definition) is 6. The second kappa shape index (κ2) is 11.7. The molecule has 3 aromatic carbocycles. The molecule has 0 bridgehead atoms. The summed E-state index contributed by atoms with van der Waals surface area (Å²) in [5, 5.41) is 25.0. The number of amides is 1. The van der Waals surface area contributed by atoms with Gasteiger partial charge in [0, 0.05) is 4.88 Å². The van der Waals surface area contributed by atoms with Crippen LogP contribution in [-0.2, 0) is 24.2 Å². The minimum atomic E-state index is -0.556. The first-order chi connectivity index (χ1) is 19.0. The maximum atomic E-state index is 13.0. The molecule has 1 aliphatic rings.